The van der Waals surface area contributed by atoms with Gasteiger partial charge in [-0.25, -0.2) is 0 Å². The van der Waals surface area contributed by atoms with Gasteiger partial charge in [-0.05, 0) is 31.2 Å². The number of benzene rings is 1. The lowest BCUT2D eigenvalue weighted by Crippen LogP contribution is -2.40. The van der Waals surface area contributed by atoms with Crippen molar-refractivity contribution in [3.8, 4) is 11.5 Å². The smallest absolute Gasteiger partial charge is 0.251 e. The van der Waals surface area contributed by atoms with E-state index in [-0.39, 0.29) is 5.91 Å². The maximum Gasteiger partial charge on any atom is 0.251 e. The minimum Gasteiger partial charge on any atom is -0.448 e. The molecule has 1 amide bonds. The monoisotopic (exact) mass is 409 g/mol. The molecule has 1 fully saturated rings. The van der Waals surface area contributed by atoms with Crippen LogP contribution in [0.3, 0.4) is 0 Å². The first-order valence-corrected chi connectivity index (χ1v) is 11.5. The van der Waals surface area contributed by atoms with E-state index in [2.05, 4.69) is 15.5 Å². The van der Waals surface area contributed by atoms with E-state index < -0.39 is 5.79 Å². The molecule has 1 aromatic heterocycles. The second-order valence-electron chi connectivity index (χ2n) is 6.21. The number of hydrogen-bond donors (Lipinski definition) is 1. The lowest BCUT2D eigenvalue weighted by atomic mass is 9.94. The van der Waals surface area contributed by atoms with Crippen molar-refractivity contribution in [3.63, 3.8) is 0 Å². The minimum absolute atomic E-state index is 0.0813. The van der Waals surface area contributed by atoms with Gasteiger partial charge in [0, 0.05) is 24.6 Å². The van der Waals surface area contributed by atoms with Crippen LogP contribution in [0.2, 0.25) is 0 Å². The van der Waals surface area contributed by atoms with Crippen LogP contribution in [0.25, 0.3) is 0 Å². The zero-order chi connectivity index (χ0) is 18.0. The van der Waals surface area contributed by atoms with E-state index >= 15 is 0 Å². The van der Waals surface area contributed by atoms with Gasteiger partial charge in [0.25, 0.3) is 5.79 Å². The van der Waals surface area contributed by atoms with Crippen molar-refractivity contribution in [2.24, 2.45) is 0 Å². The van der Waals surface area contributed by atoms with Crippen molar-refractivity contribution in [1.82, 2.24) is 10.2 Å². The van der Waals surface area contributed by atoms with Crippen molar-refractivity contribution in [2.75, 3.05) is 17.3 Å². The quantitative estimate of drug-likeness (QED) is 0.733. The molecule has 0 saturated heterocycles. The first kappa shape index (κ1) is 17.9. The van der Waals surface area contributed by atoms with Gasteiger partial charge in [-0.2, -0.15) is 0 Å². The molecule has 0 bridgehead atoms. The Hall–Kier alpha value is -1.45. The van der Waals surface area contributed by atoms with Crippen molar-refractivity contribution >= 4 is 46.5 Å². The van der Waals surface area contributed by atoms with Crippen LogP contribution in [-0.2, 0) is 4.79 Å². The normalized spacial score (nSPS) is 17.4. The molecule has 2 heterocycles. The van der Waals surface area contributed by atoms with Crippen molar-refractivity contribution in [3.05, 3.63) is 18.2 Å². The molecule has 0 radical (unpaired) electrons. The van der Waals surface area contributed by atoms with Gasteiger partial charge in [-0.3, -0.25) is 4.79 Å². The van der Waals surface area contributed by atoms with Crippen LogP contribution < -0.4 is 14.8 Å². The molecule has 2 aromatic rings. The van der Waals surface area contributed by atoms with Crippen molar-refractivity contribution < 1.29 is 14.3 Å². The Kier molecular flexibility index (Phi) is 5.28. The van der Waals surface area contributed by atoms with Gasteiger partial charge >= 0.3 is 0 Å². The zero-order valence-corrected chi connectivity index (χ0v) is 16.8. The summed E-state index contributed by atoms with van der Waals surface area (Å²) in [4.78, 5) is 12.2. The maximum absolute atomic E-state index is 12.2. The predicted octanol–water partition coefficient (Wildman–Crippen LogP) is 4.42. The van der Waals surface area contributed by atoms with Gasteiger partial charge in [-0.15, -0.1) is 10.2 Å². The van der Waals surface area contributed by atoms with Crippen LogP contribution in [0.1, 0.15) is 32.1 Å². The second kappa shape index (κ2) is 7.66. The number of carbonyl (C=O) groups excluding carboxylic acids is 1. The number of carbonyl (C=O) groups is 1. The summed E-state index contributed by atoms with van der Waals surface area (Å²) in [5, 5.41) is 11.0. The average molecular weight is 410 g/mol. The minimum atomic E-state index is -0.494. The number of rotatable bonds is 5. The van der Waals surface area contributed by atoms with Crippen molar-refractivity contribution in [2.45, 2.75) is 46.6 Å². The first-order valence-electron chi connectivity index (χ1n) is 8.48. The Balaban J connectivity index is 1.34. The molecule has 1 aliphatic carbocycles. The summed E-state index contributed by atoms with van der Waals surface area (Å²) < 4.78 is 13.9. The summed E-state index contributed by atoms with van der Waals surface area (Å²) in [6, 6.07) is 5.57. The van der Waals surface area contributed by atoms with E-state index in [0.717, 1.165) is 40.1 Å². The number of nitrogens with one attached hydrogen (secondary N) is 1. The number of anilines is 1. The van der Waals surface area contributed by atoms with Crippen LogP contribution in [0.15, 0.2) is 26.9 Å². The van der Waals surface area contributed by atoms with Gasteiger partial charge < -0.3 is 14.8 Å². The summed E-state index contributed by atoms with van der Waals surface area (Å²) >= 11 is 4.44. The van der Waals surface area contributed by atoms with E-state index in [1.54, 1.807) is 11.8 Å². The largest absolute Gasteiger partial charge is 0.448 e. The highest BCUT2D eigenvalue weighted by Crippen LogP contribution is 2.46. The number of hydrogen-bond acceptors (Lipinski definition) is 8. The third-order valence-corrected chi connectivity index (χ3v) is 7.36. The standard InChI is InChI=1S/C17H19N3O3S3/c1-24-15-19-20-16(26-15)25-10-14(21)18-11-5-6-12-13(9-11)23-17(22-12)7-3-2-4-8-17/h5-6,9H,2-4,7-8,10H2,1H3,(H,18,21). The van der Waals surface area contributed by atoms with Crippen LogP contribution in [0.5, 0.6) is 11.5 Å². The van der Waals surface area contributed by atoms with Crippen LogP contribution in [0.4, 0.5) is 5.69 Å². The second-order valence-corrected chi connectivity index (χ2v) is 9.47. The van der Waals surface area contributed by atoms with E-state index in [9.17, 15) is 4.79 Å². The number of ether oxygens (including phenoxy) is 2. The average Bonchev–Trinajstić information content (AvgIpc) is 3.24. The Morgan fingerprint density at radius 1 is 1.19 bits per heavy atom. The van der Waals surface area contributed by atoms with Crippen LogP contribution in [-0.4, -0.2) is 33.9 Å². The molecule has 26 heavy (non-hydrogen) atoms. The molecule has 1 spiro atoms. The molecule has 1 saturated carbocycles. The van der Waals surface area contributed by atoms with Gasteiger partial charge in [0.2, 0.25) is 5.91 Å². The number of nitrogens with zero attached hydrogens (tertiary/aromatic N) is 2. The molecule has 4 rings (SSSR count). The van der Waals surface area contributed by atoms with E-state index in [4.69, 9.17) is 9.47 Å². The first-order chi connectivity index (χ1) is 12.7. The molecule has 0 atom stereocenters. The summed E-state index contributed by atoms with van der Waals surface area (Å²) in [5.74, 6) is 1.19. The van der Waals surface area contributed by atoms with Crippen molar-refractivity contribution in [1.29, 1.82) is 0 Å². The highest BCUT2D eigenvalue weighted by atomic mass is 32.2. The highest BCUT2D eigenvalue weighted by Gasteiger charge is 2.42. The molecule has 0 unspecified atom stereocenters. The van der Waals surface area contributed by atoms with Gasteiger partial charge in [0.15, 0.2) is 20.2 Å². The summed E-state index contributed by atoms with van der Waals surface area (Å²) in [6.45, 7) is 0. The Bertz CT molecular complexity index is 806. The molecule has 1 aromatic carbocycles. The fourth-order valence-electron chi connectivity index (χ4n) is 3.13. The molecule has 138 valence electrons. The maximum atomic E-state index is 12.2. The number of thioether (sulfide) groups is 2. The molecule has 9 heteroatoms. The van der Waals surface area contributed by atoms with E-state index in [1.807, 2.05) is 24.5 Å². The fraction of sp³-hybridized carbons (Fsp3) is 0.471. The molecular weight excluding hydrogens is 390 g/mol. The summed E-state index contributed by atoms with van der Waals surface area (Å²) in [6.07, 6.45) is 7.27. The number of amides is 1. The number of aromatic nitrogens is 2. The topological polar surface area (TPSA) is 73.3 Å². The van der Waals surface area contributed by atoms with Crippen LogP contribution in [0, 0.1) is 0 Å². The third-order valence-electron chi connectivity index (χ3n) is 4.32. The van der Waals surface area contributed by atoms with E-state index in [1.165, 1.54) is 29.5 Å². The molecular formula is C17H19N3O3S3. The molecule has 2 aliphatic rings. The molecule has 6 nitrogen and oxygen atoms in total. The lowest BCUT2D eigenvalue weighted by Gasteiger charge is -2.31. The highest BCUT2D eigenvalue weighted by molar-refractivity contribution is 8.03. The van der Waals surface area contributed by atoms with Gasteiger partial charge in [0.05, 0.1) is 5.75 Å². The molecule has 1 aliphatic heterocycles. The van der Waals surface area contributed by atoms with E-state index in [0.29, 0.717) is 17.2 Å². The van der Waals surface area contributed by atoms with Crippen LogP contribution >= 0.6 is 34.9 Å². The SMILES string of the molecule is CSc1nnc(SCC(=O)Nc2ccc3c(c2)OC2(CCCCC2)O3)s1. The van der Waals surface area contributed by atoms with Gasteiger partial charge in [-0.1, -0.05) is 41.3 Å². The number of fused-ring (bicyclic) bond motifs is 1. The fourth-order valence-corrected chi connectivity index (χ4v) is 5.37. The Morgan fingerprint density at radius 2 is 1.96 bits per heavy atom. The zero-order valence-electron chi connectivity index (χ0n) is 14.3. The lowest BCUT2D eigenvalue weighted by molar-refractivity contribution is -0.113. The Labute approximate surface area is 164 Å². The molecule has 1 N–H and O–H groups in total. The third kappa shape index (κ3) is 3.94. The summed E-state index contributed by atoms with van der Waals surface area (Å²) in [5.41, 5.74) is 0.716. The Morgan fingerprint density at radius 3 is 2.73 bits per heavy atom. The summed E-state index contributed by atoms with van der Waals surface area (Å²) in [7, 11) is 0. The van der Waals surface area contributed by atoms with Gasteiger partial charge in [0.1, 0.15) is 0 Å². The predicted molar refractivity (Wildman–Crippen MR) is 105 cm³/mol.